The van der Waals surface area contributed by atoms with Gasteiger partial charge >= 0.3 is 0 Å². The fourth-order valence-corrected chi connectivity index (χ4v) is 3.46. The van der Waals surface area contributed by atoms with Crippen molar-refractivity contribution in [2.45, 2.75) is 52.6 Å². The van der Waals surface area contributed by atoms with Crippen LogP contribution in [0.4, 0.5) is 11.4 Å². The van der Waals surface area contributed by atoms with Crippen molar-refractivity contribution in [3.8, 4) is 0 Å². The lowest BCUT2D eigenvalue weighted by molar-refractivity contribution is 0.702. The summed E-state index contributed by atoms with van der Waals surface area (Å²) in [6.07, 6.45) is 4.61. The topological polar surface area (TPSA) is 24.1 Å². The van der Waals surface area contributed by atoms with Crippen LogP contribution in [0.3, 0.4) is 0 Å². The first-order chi connectivity index (χ1) is 9.17. The van der Waals surface area contributed by atoms with Crippen molar-refractivity contribution in [2.24, 2.45) is 0 Å². The van der Waals surface area contributed by atoms with Crippen LogP contribution in [0, 0.1) is 0 Å². The zero-order chi connectivity index (χ0) is 14.7. The molecular weight excluding hydrogens is 244 g/mol. The average molecular weight is 268 g/mol. The molecule has 3 rings (SSSR count). The summed E-state index contributed by atoms with van der Waals surface area (Å²) in [7, 11) is 0. The molecule has 2 nitrogen and oxygen atoms in total. The van der Waals surface area contributed by atoms with Gasteiger partial charge in [-0.05, 0) is 64.8 Å². The third-order valence-corrected chi connectivity index (χ3v) is 4.08. The van der Waals surface area contributed by atoms with Gasteiger partial charge in [0.05, 0.1) is 11.1 Å². The van der Waals surface area contributed by atoms with Crippen LogP contribution in [0.15, 0.2) is 24.3 Å². The first-order valence-corrected chi connectivity index (χ1v) is 7.31. The van der Waals surface area contributed by atoms with E-state index in [2.05, 4.69) is 76.5 Å². The summed E-state index contributed by atoms with van der Waals surface area (Å²) in [6, 6.07) is 4.58. The lowest BCUT2D eigenvalue weighted by atomic mass is 9.86. The standard InChI is InChI=1S/C18H24N2/c1-11-9-17(3,4)19-15-8-14-12(2)10-18(5,6)20-16(14)7-13(11)15/h7-10,19-20H,1-6H3. The summed E-state index contributed by atoms with van der Waals surface area (Å²) in [4.78, 5) is 0. The minimum absolute atomic E-state index is 0.0182. The lowest BCUT2D eigenvalue weighted by Gasteiger charge is -2.36. The van der Waals surface area contributed by atoms with E-state index in [9.17, 15) is 0 Å². The molecule has 0 aromatic heterocycles. The predicted octanol–water partition coefficient (Wildman–Crippen LogP) is 4.90. The number of benzene rings is 1. The SMILES string of the molecule is CC1=CC(C)(C)Nc2cc3c(cc21)NC(C)(C)C=C3C. The molecule has 2 heterocycles. The average Bonchev–Trinajstić information content (AvgIpc) is 2.25. The highest BCUT2D eigenvalue weighted by Gasteiger charge is 2.27. The molecule has 0 saturated heterocycles. The Morgan fingerprint density at radius 3 is 1.40 bits per heavy atom. The number of nitrogens with one attached hydrogen (secondary N) is 2. The summed E-state index contributed by atoms with van der Waals surface area (Å²) < 4.78 is 0. The Kier molecular flexibility index (Phi) is 2.60. The Labute approximate surface area is 122 Å². The summed E-state index contributed by atoms with van der Waals surface area (Å²) in [5, 5.41) is 7.25. The largest absolute Gasteiger partial charge is 0.376 e. The van der Waals surface area contributed by atoms with Crippen molar-refractivity contribution in [1.82, 2.24) is 0 Å². The predicted molar refractivity (Wildman–Crippen MR) is 89.1 cm³/mol. The lowest BCUT2D eigenvalue weighted by Crippen LogP contribution is -2.33. The Balaban J connectivity index is 2.17. The Hall–Kier alpha value is -1.70. The number of hydrogen-bond acceptors (Lipinski definition) is 2. The highest BCUT2D eigenvalue weighted by molar-refractivity contribution is 5.90. The van der Waals surface area contributed by atoms with E-state index in [0.717, 1.165) is 0 Å². The zero-order valence-electron chi connectivity index (χ0n) is 13.3. The van der Waals surface area contributed by atoms with Crippen LogP contribution < -0.4 is 10.6 Å². The zero-order valence-corrected chi connectivity index (χ0v) is 13.3. The molecule has 106 valence electrons. The molecule has 2 N–H and O–H groups in total. The maximum atomic E-state index is 3.63. The first kappa shape index (κ1) is 13.3. The second-order valence-electron chi connectivity index (χ2n) is 7.29. The van der Waals surface area contributed by atoms with E-state index < -0.39 is 0 Å². The molecule has 0 saturated carbocycles. The van der Waals surface area contributed by atoms with E-state index in [1.807, 2.05) is 0 Å². The summed E-state index contributed by atoms with van der Waals surface area (Å²) >= 11 is 0. The van der Waals surface area contributed by atoms with E-state index in [0.29, 0.717) is 0 Å². The number of allylic oxidation sites excluding steroid dienone is 2. The van der Waals surface area contributed by atoms with Gasteiger partial charge in [0, 0.05) is 22.5 Å². The maximum Gasteiger partial charge on any atom is 0.0505 e. The van der Waals surface area contributed by atoms with Gasteiger partial charge in [-0.2, -0.15) is 0 Å². The third-order valence-electron chi connectivity index (χ3n) is 4.08. The molecule has 2 aliphatic rings. The highest BCUT2D eigenvalue weighted by Crippen LogP contribution is 2.41. The molecule has 1 aromatic rings. The van der Waals surface area contributed by atoms with Crippen LogP contribution in [0.5, 0.6) is 0 Å². The number of hydrogen-bond donors (Lipinski definition) is 2. The molecule has 20 heavy (non-hydrogen) atoms. The second kappa shape index (κ2) is 3.91. The fraction of sp³-hybridized carbons (Fsp3) is 0.444. The van der Waals surface area contributed by atoms with Crippen molar-refractivity contribution < 1.29 is 0 Å². The fourth-order valence-electron chi connectivity index (χ4n) is 3.46. The van der Waals surface area contributed by atoms with Crippen LogP contribution in [0.25, 0.3) is 11.1 Å². The van der Waals surface area contributed by atoms with Crippen LogP contribution >= 0.6 is 0 Å². The normalized spacial score (nSPS) is 21.7. The summed E-state index contributed by atoms with van der Waals surface area (Å²) in [5.41, 5.74) is 7.82. The first-order valence-electron chi connectivity index (χ1n) is 7.31. The quantitative estimate of drug-likeness (QED) is 0.699. The van der Waals surface area contributed by atoms with E-state index in [-0.39, 0.29) is 11.1 Å². The molecule has 0 fully saturated rings. The van der Waals surface area contributed by atoms with Gasteiger partial charge in [0.2, 0.25) is 0 Å². The van der Waals surface area contributed by atoms with Gasteiger partial charge in [-0.1, -0.05) is 12.2 Å². The molecule has 1 aromatic carbocycles. The van der Waals surface area contributed by atoms with Crippen molar-refractivity contribution in [3.63, 3.8) is 0 Å². The van der Waals surface area contributed by atoms with Gasteiger partial charge < -0.3 is 10.6 Å². The molecule has 0 atom stereocenters. The molecule has 0 bridgehead atoms. The molecule has 0 aliphatic carbocycles. The van der Waals surface area contributed by atoms with Crippen molar-refractivity contribution in [1.29, 1.82) is 0 Å². The summed E-state index contributed by atoms with van der Waals surface area (Å²) in [5.74, 6) is 0. The second-order valence-corrected chi connectivity index (χ2v) is 7.29. The van der Waals surface area contributed by atoms with E-state index in [1.165, 1.54) is 33.6 Å². The molecule has 0 spiro atoms. The number of fused-ring (bicyclic) bond motifs is 2. The smallest absolute Gasteiger partial charge is 0.0505 e. The number of anilines is 2. The molecule has 2 aliphatic heterocycles. The molecule has 2 heteroatoms. The van der Waals surface area contributed by atoms with Crippen LogP contribution in [0.1, 0.15) is 52.7 Å². The molecule has 0 amide bonds. The van der Waals surface area contributed by atoms with Gasteiger partial charge in [-0.25, -0.2) is 0 Å². The van der Waals surface area contributed by atoms with Crippen molar-refractivity contribution in [2.75, 3.05) is 10.6 Å². The Bertz CT molecular complexity index is 588. The molecule has 0 unspecified atom stereocenters. The van der Waals surface area contributed by atoms with Crippen LogP contribution in [-0.4, -0.2) is 11.1 Å². The minimum atomic E-state index is 0.0182. The van der Waals surface area contributed by atoms with Crippen molar-refractivity contribution >= 4 is 22.5 Å². The van der Waals surface area contributed by atoms with Gasteiger partial charge in [0.1, 0.15) is 0 Å². The van der Waals surface area contributed by atoms with Crippen molar-refractivity contribution in [3.05, 3.63) is 35.4 Å². The van der Waals surface area contributed by atoms with Gasteiger partial charge in [0.15, 0.2) is 0 Å². The van der Waals surface area contributed by atoms with E-state index in [4.69, 9.17) is 0 Å². The number of rotatable bonds is 0. The molecular formula is C18H24N2. The van der Waals surface area contributed by atoms with Crippen LogP contribution in [0.2, 0.25) is 0 Å². The van der Waals surface area contributed by atoms with E-state index in [1.54, 1.807) is 0 Å². The Morgan fingerprint density at radius 2 is 1.05 bits per heavy atom. The third kappa shape index (κ3) is 2.13. The van der Waals surface area contributed by atoms with Gasteiger partial charge in [0.25, 0.3) is 0 Å². The maximum absolute atomic E-state index is 3.63. The Morgan fingerprint density at radius 1 is 0.700 bits per heavy atom. The monoisotopic (exact) mass is 268 g/mol. The highest BCUT2D eigenvalue weighted by atomic mass is 15.0. The molecule has 0 radical (unpaired) electrons. The van der Waals surface area contributed by atoms with Gasteiger partial charge in [-0.15, -0.1) is 0 Å². The van der Waals surface area contributed by atoms with E-state index >= 15 is 0 Å². The minimum Gasteiger partial charge on any atom is -0.376 e. The summed E-state index contributed by atoms with van der Waals surface area (Å²) in [6.45, 7) is 13.2. The van der Waals surface area contributed by atoms with Crippen LogP contribution in [-0.2, 0) is 0 Å². The van der Waals surface area contributed by atoms with Gasteiger partial charge in [-0.3, -0.25) is 0 Å².